The van der Waals surface area contributed by atoms with E-state index in [1.807, 2.05) is 13.2 Å². The van der Waals surface area contributed by atoms with E-state index >= 15 is 0 Å². The fraction of sp³-hybridized carbons (Fsp3) is 0.667. The molecule has 1 aromatic rings. The minimum absolute atomic E-state index is 0.312. The molecule has 106 valence electrons. The third-order valence-corrected chi connectivity index (χ3v) is 3.98. The lowest BCUT2D eigenvalue weighted by Gasteiger charge is -2.37. The normalized spacial score (nSPS) is 23.7. The lowest BCUT2D eigenvalue weighted by molar-refractivity contribution is 0.0496. The summed E-state index contributed by atoms with van der Waals surface area (Å²) in [6.07, 6.45) is 3.45. The van der Waals surface area contributed by atoms with Gasteiger partial charge in [-0.15, -0.1) is 0 Å². The van der Waals surface area contributed by atoms with Crippen LogP contribution in [0.4, 0.5) is 5.82 Å². The Morgan fingerprint density at radius 3 is 2.95 bits per heavy atom. The largest absolute Gasteiger partial charge is 0.379 e. The van der Waals surface area contributed by atoms with Gasteiger partial charge in [0.25, 0.3) is 0 Å². The molecule has 2 unspecified atom stereocenters. The topological polar surface area (TPSA) is 37.4 Å². The van der Waals surface area contributed by atoms with E-state index in [-0.39, 0.29) is 0 Å². The van der Waals surface area contributed by atoms with E-state index in [4.69, 9.17) is 4.74 Å². The molecule has 2 heterocycles. The Hall–Kier alpha value is -1.13. The van der Waals surface area contributed by atoms with Gasteiger partial charge in [-0.05, 0) is 43.5 Å². The van der Waals surface area contributed by atoms with Gasteiger partial charge in [-0.1, -0.05) is 6.92 Å². The number of ether oxygens (including phenoxy) is 1. The maximum absolute atomic E-state index is 5.58. The first-order valence-electron chi connectivity index (χ1n) is 7.03. The Morgan fingerprint density at radius 2 is 2.32 bits per heavy atom. The van der Waals surface area contributed by atoms with Crippen molar-refractivity contribution in [3.05, 3.63) is 23.4 Å². The van der Waals surface area contributed by atoms with E-state index < -0.39 is 0 Å². The molecule has 1 N–H and O–H groups in total. The van der Waals surface area contributed by atoms with Gasteiger partial charge in [0.1, 0.15) is 5.82 Å². The number of hydrogen-bond donors (Lipinski definition) is 1. The quantitative estimate of drug-likeness (QED) is 0.901. The molecule has 0 spiro atoms. The van der Waals surface area contributed by atoms with Crippen LogP contribution >= 0.6 is 0 Å². The van der Waals surface area contributed by atoms with E-state index in [9.17, 15) is 0 Å². The van der Waals surface area contributed by atoms with Crippen LogP contribution in [-0.2, 0) is 11.3 Å². The maximum Gasteiger partial charge on any atom is 0.131 e. The monoisotopic (exact) mass is 263 g/mol. The lowest BCUT2D eigenvalue weighted by atomic mass is 9.95. The molecule has 0 aliphatic carbocycles. The van der Waals surface area contributed by atoms with Gasteiger partial charge in [0.05, 0.1) is 6.10 Å². The molecule has 0 aromatic carbocycles. The minimum atomic E-state index is 0.312. The van der Waals surface area contributed by atoms with Crippen LogP contribution in [0, 0.1) is 12.8 Å². The number of pyridine rings is 1. The number of piperidine rings is 1. The summed E-state index contributed by atoms with van der Waals surface area (Å²) in [6.45, 7) is 7.28. The second kappa shape index (κ2) is 6.35. The Kier molecular flexibility index (Phi) is 4.77. The highest BCUT2D eigenvalue weighted by atomic mass is 16.5. The molecule has 0 amide bonds. The van der Waals surface area contributed by atoms with Gasteiger partial charge in [0.15, 0.2) is 0 Å². The van der Waals surface area contributed by atoms with Crippen LogP contribution in [0.15, 0.2) is 12.3 Å². The van der Waals surface area contributed by atoms with Gasteiger partial charge in [-0.2, -0.15) is 0 Å². The van der Waals surface area contributed by atoms with Crippen molar-refractivity contribution in [3.63, 3.8) is 0 Å². The third kappa shape index (κ3) is 3.25. The van der Waals surface area contributed by atoms with Crippen LogP contribution < -0.4 is 10.2 Å². The first-order valence-corrected chi connectivity index (χ1v) is 7.03. The van der Waals surface area contributed by atoms with Gasteiger partial charge in [0.2, 0.25) is 0 Å². The highest BCUT2D eigenvalue weighted by molar-refractivity contribution is 5.48. The highest BCUT2D eigenvalue weighted by Crippen LogP contribution is 2.26. The van der Waals surface area contributed by atoms with Crippen molar-refractivity contribution >= 4 is 5.82 Å². The molecule has 0 saturated carbocycles. The number of hydrogen-bond acceptors (Lipinski definition) is 4. The number of rotatable bonds is 4. The fourth-order valence-corrected chi connectivity index (χ4v) is 2.79. The second-order valence-corrected chi connectivity index (χ2v) is 5.50. The summed E-state index contributed by atoms with van der Waals surface area (Å²) in [4.78, 5) is 7.00. The summed E-state index contributed by atoms with van der Waals surface area (Å²) >= 11 is 0. The van der Waals surface area contributed by atoms with Crippen LogP contribution in [0.1, 0.15) is 24.5 Å². The Morgan fingerprint density at radius 1 is 1.53 bits per heavy atom. The molecule has 2 rings (SSSR count). The summed E-state index contributed by atoms with van der Waals surface area (Å²) < 4.78 is 5.58. The SMILES string of the molecule is CNCc1cnc(N2CCC(C)C(OC)C2)c(C)c1. The predicted octanol–water partition coefficient (Wildman–Crippen LogP) is 1.97. The van der Waals surface area contributed by atoms with Crippen molar-refractivity contribution in [1.82, 2.24) is 10.3 Å². The summed E-state index contributed by atoms with van der Waals surface area (Å²) in [5.41, 5.74) is 2.48. The number of methoxy groups -OCH3 is 1. The smallest absolute Gasteiger partial charge is 0.131 e. The molecule has 2 atom stereocenters. The van der Waals surface area contributed by atoms with Crippen LogP contribution in [0.3, 0.4) is 0 Å². The van der Waals surface area contributed by atoms with Crippen molar-refractivity contribution in [2.45, 2.75) is 32.9 Å². The summed E-state index contributed by atoms with van der Waals surface area (Å²) in [6, 6.07) is 2.22. The molecule has 0 radical (unpaired) electrons. The molecule has 1 aromatic heterocycles. The summed E-state index contributed by atoms with van der Waals surface area (Å²) in [5.74, 6) is 1.74. The standard InChI is InChI=1S/C15H25N3O/c1-11-5-6-18(10-14(11)19-4)15-12(2)7-13(8-16-3)9-17-15/h7,9,11,14,16H,5-6,8,10H2,1-4H3. The summed E-state index contributed by atoms with van der Waals surface area (Å²) in [7, 11) is 3.76. The number of nitrogens with zero attached hydrogens (tertiary/aromatic N) is 2. The zero-order valence-corrected chi connectivity index (χ0v) is 12.4. The Balaban J connectivity index is 2.13. The van der Waals surface area contributed by atoms with Crippen molar-refractivity contribution < 1.29 is 4.74 Å². The Bertz CT molecular complexity index is 422. The minimum Gasteiger partial charge on any atom is -0.379 e. The third-order valence-electron chi connectivity index (χ3n) is 3.98. The van der Waals surface area contributed by atoms with Crippen molar-refractivity contribution in [2.24, 2.45) is 5.92 Å². The average molecular weight is 263 g/mol. The maximum atomic E-state index is 5.58. The van der Waals surface area contributed by atoms with Gasteiger partial charge < -0.3 is 15.0 Å². The van der Waals surface area contributed by atoms with E-state index in [0.29, 0.717) is 12.0 Å². The van der Waals surface area contributed by atoms with Gasteiger partial charge >= 0.3 is 0 Å². The van der Waals surface area contributed by atoms with Crippen LogP contribution in [0.5, 0.6) is 0 Å². The van der Waals surface area contributed by atoms with E-state index in [1.54, 1.807) is 7.11 Å². The molecule has 4 nitrogen and oxygen atoms in total. The molecule has 1 saturated heterocycles. The average Bonchev–Trinajstić information content (AvgIpc) is 2.40. The number of aromatic nitrogens is 1. The molecule has 19 heavy (non-hydrogen) atoms. The van der Waals surface area contributed by atoms with E-state index in [0.717, 1.165) is 31.9 Å². The molecular formula is C15H25N3O. The number of aryl methyl sites for hydroxylation is 1. The molecule has 0 bridgehead atoms. The first kappa shape index (κ1) is 14.3. The van der Waals surface area contributed by atoms with Crippen molar-refractivity contribution in [1.29, 1.82) is 0 Å². The van der Waals surface area contributed by atoms with Crippen molar-refractivity contribution in [3.8, 4) is 0 Å². The fourth-order valence-electron chi connectivity index (χ4n) is 2.79. The van der Waals surface area contributed by atoms with Gasteiger partial charge in [-0.3, -0.25) is 0 Å². The van der Waals surface area contributed by atoms with Gasteiger partial charge in [-0.25, -0.2) is 4.98 Å². The molecular weight excluding hydrogens is 238 g/mol. The first-order chi connectivity index (χ1) is 9.15. The number of anilines is 1. The highest BCUT2D eigenvalue weighted by Gasteiger charge is 2.27. The van der Waals surface area contributed by atoms with Gasteiger partial charge in [0, 0.05) is 32.9 Å². The molecule has 1 aliphatic rings. The summed E-state index contributed by atoms with van der Waals surface area (Å²) in [5, 5.41) is 3.16. The second-order valence-electron chi connectivity index (χ2n) is 5.50. The lowest BCUT2D eigenvalue weighted by Crippen LogP contribution is -2.44. The molecule has 4 heteroatoms. The van der Waals surface area contributed by atoms with Crippen LogP contribution in [-0.4, -0.2) is 38.3 Å². The number of nitrogens with one attached hydrogen (secondary N) is 1. The van der Waals surface area contributed by atoms with Crippen molar-refractivity contribution in [2.75, 3.05) is 32.1 Å². The Labute approximate surface area is 116 Å². The molecule has 1 aliphatic heterocycles. The van der Waals surface area contributed by atoms with E-state index in [1.165, 1.54) is 11.1 Å². The van der Waals surface area contributed by atoms with E-state index in [2.05, 4.69) is 35.1 Å². The van der Waals surface area contributed by atoms with Crippen LogP contribution in [0.25, 0.3) is 0 Å². The van der Waals surface area contributed by atoms with Crippen LogP contribution in [0.2, 0.25) is 0 Å². The zero-order valence-electron chi connectivity index (χ0n) is 12.4. The molecule has 1 fully saturated rings. The predicted molar refractivity (Wildman–Crippen MR) is 78.5 cm³/mol. The zero-order chi connectivity index (χ0) is 13.8.